The molecule has 0 spiro atoms. The first-order valence-electron chi connectivity index (χ1n) is 9.20. The molecule has 5 nitrogen and oxygen atoms in total. The first kappa shape index (κ1) is 16.2. The second kappa shape index (κ2) is 6.94. The predicted octanol–water partition coefficient (Wildman–Crippen LogP) is 3.90. The number of amides is 1. The van der Waals surface area contributed by atoms with Gasteiger partial charge in [0.05, 0.1) is 18.3 Å². The largest absolute Gasteiger partial charge is 0.330 e. The Morgan fingerprint density at radius 3 is 2.56 bits per heavy atom. The maximum absolute atomic E-state index is 13.2. The molecule has 1 aliphatic carbocycles. The predicted molar refractivity (Wildman–Crippen MR) is 91.6 cm³/mol. The van der Waals surface area contributed by atoms with Gasteiger partial charge in [-0.05, 0) is 43.4 Å². The molecule has 132 valence electrons. The topological polar surface area (TPSA) is 51.0 Å². The van der Waals surface area contributed by atoms with Crippen molar-refractivity contribution in [2.75, 3.05) is 6.54 Å². The van der Waals surface area contributed by atoms with Crippen molar-refractivity contribution in [3.05, 3.63) is 47.5 Å². The fourth-order valence-electron chi connectivity index (χ4n) is 4.09. The average Bonchev–Trinajstić information content (AvgIpc) is 3.32. The Kier molecular flexibility index (Phi) is 4.51. The zero-order valence-electron chi connectivity index (χ0n) is 14.3. The SMILES string of the molecule is O=C(c1cn(C2CCCCC2)nn1)N1CCC[C@H]1c1ccc(F)cc1. The van der Waals surface area contributed by atoms with Gasteiger partial charge in [-0.3, -0.25) is 4.79 Å². The second-order valence-corrected chi connectivity index (χ2v) is 7.08. The molecule has 2 aliphatic rings. The summed E-state index contributed by atoms with van der Waals surface area (Å²) in [5.41, 5.74) is 1.39. The molecule has 1 saturated carbocycles. The van der Waals surface area contributed by atoms with E-state index in [2.05, 4.69) is 10.3 Å². The standard InChI is InChI=1S/C19H23FN4O/c20-15-10-8-14(9-11-15)18-7-4-12-23(18)19(25)17-13-24(22-21-17)16-5-2-1-3-6-16/h8-11,13,16,18H,1-7,12H2/t18-/m0/s1. The number of aromatic nitrogens is 3. The molecule has 1 aliphatic heterocycles. The van der Waals surface area contributed by atoms with Gasteiger partial charge < -0.3 is 4.90 Å². The van der Waals surface area contributed by atoms with Gasteiger partial charge in [0, 0.05) is 6.54 Å². The third-order valence-corrected chi connectivity index (χ3v) is 5.45. The molecule has 0 radical (unpaired) electrons. The number of hydrogen-bond acceptors (Lipinski definition) is 3. The molecule has 6 heteroatoms. The van der Waals surface area contributed by atoms with Crippen molar-refractivity contribution in [3.63, 3.8) is 0 Å². The van der Waals surface area contributed by atoms with Crippen LogP contribution < -0.4 is 0 Å². The highest BCUT2D eigenvalue weighted by Gasteiger charge is 2.32. The fraction of sp³-hybridized carbons (Fsp3) is 0.526. The Bertz CT molecular complexity index is 736. The van der Waals surface area contributed by atoms with Crippen LogP contribution in [0.1, 0.15) is 73.1 Å². The van der Waals surface area contributed by atoms with Crippen molar-refractivity contribution in [1.82, 2.24) is 19.9 Å². The molecular formula is C19H23FN4O. The number of hydrogen-bond donors (Lipinski definition) is 0. The second-order valence-electron chi connectivity index (χ2n) is 7.08. The highest BCUT2D eigenvalue weighted by atomic mass is 19.1. The van der Waals surface area contributed by atoms with Crippen LogP contribution in [0, 0.1) is 5.82 Å². The molecule has 1 saturated heterocycles. The third-order valence-electron chi connectivity index (χ3n) is 5.45. The van der Waals surface area contributed by atoms with Crippen molar-refractivity contribution in [1.29, 1.82) is 0 Å². The number of halogens is 1. The van der Waals surface area contributed by atoms with E-state index in [-0.39, 0.29) is 17.8 Å². The van der Waals surface area contributed by atoms with Crippen LogP contribution in [0.25, 0.3) is 0 Å². The Morgan fingerprint density at radius 2 is 1.80 bits per heavy atom. The molecule has 1 aromatic heterocycles. The number of carbonyl (C=O) groups excluding carboxylic acids is 1. The normalized spacial score (nSPS) is 21.6. The zero-order valence-corrected chi connectivity index (χ0v) is 14.3. The maximum atomic E-state index is 13.2. The molecule has 0 unspecified atom stereocenters. The fourth-order valence-corrected chi connectivity index (χ4v) is 4.09. The summed E-state index contributed by atoms with van der Waals surface area (Å²) < 4.78 is 15.0. The summed E-state index contributed by atoms with van der Waals surface area (Å²) in [6, 6.07) is 6.81. The Morgan fingerprint density at radius 1 is 1.04 bits per heavy atom. The molecule has 1 amide bonds. The highest BCUT2D eigenvalue weighted by Crippen LogP contribution is 2.33. The average molecular weight is 342 g/mol. The third kappa shape index (κ3) is 3.30. The van der Waals surface area contributed by atoms with Crippen LogP contribution in [0.2, 0.25) is 0 Å². The highest BCUT2D eigenvalue weighted by molar-refractivity contribution is 5.92. The lowest BCUT2D eigenvalue weighted by atomic mass is 9.96. The Balaban J connectivity index is 1.51. The molecule has 0 N–H and O–H groups in total. The molecule has 0 bridgehead atoms. The number of likely N-dealkylation sites (tertiary alicyclic amines) is 1. The lowest BCUT2D eigenvalue weighted by Gasteiger charge is -2.24. The van der Waals surface area contributed by atoms with E-state index < -0.39 is 0 Å². The van der Waals surface area contributed by atoms with Crippen LogP contribution in [0.4, 0.5) is 4.39 Å². The summed E-state index contributed by atoms with van der Waals surface area (Å²) in [7, 11) is 0. The minimum Gasteiger partial charge on any atom is -0.330 e. The van der Waals surface area contributed by atoms with E-state index in [0.717, 1.165) is 31.2 Å². The monoisotopic (exact) mass is 342 g/mol. The van der Waals surface area contributed by atoms with Crippen LogP contribution in [0.15, 0.2) is 30.5 Å². The zero-order chi connectivity index (χ0) is 17.2. The number of rotatable bonds is 3. The van der Waals surface area contributed by atoms with Crippen LogP contribution in [-0.4, -0.2) is 32.3 Å². The molecule has 2 heterocycles. The van der Waals surface area contributed by atoms with Gasteiger partial charge in [-0.1, -0.05) is 36.6 Å². The molecule has 1 atom stereocenters. The van der Waals surface area contributed by atoms with E-state index in [9.17, 15) is 9.18 Å². The van der Waals surface area contributed by atoms with Gasteiger partial charge in [0.25, 0.3) is 5.91 Å². The molecule has 2 fully saturated rings. The molecular weight excluding hydrogens is 319 g/mol. The van der Waals surface area contributed by atoms with E-state index in [1.165, 1.54) is 31.4 Å². The minimum atomic E-state index is -0.255. The van der Waals surface area contributed by atoms with E-state index in [1.807, 2.05) is 9.58 Å². The Hall–Kier alpha value is -2.24. The van der Waals surface area contributed by atoms with Crippen LogP contribution in [0.3, 0.4) is 0 Å². The summed E-state index contributed by atoms with van der Waals surface area (Å²) >= 11 is 0. The summed E-state index contributed by atoms with van der Waals surface area (Å²) in [4.78, 5) is 14.8. The summed E-state index contributed by atoms with van der Waals surface area (Å²) in [6.07, 6.45) is 9.58. The van der Waals surface area contributed by atoms with Gasteiger partial charge in [0.15, 0.2) is 5.69 Å². The van der Waals surface area contributed by atoms with Crippen molar-refractivity contribution >= 4 is 5.91 Å². The number of carbonyl (C=O) groups is 1. The maximum Gasteiger partial charge on any atom is 0.276 e. The van der Waals surface area contributed by atoms with Gasteiger partial charge >= 0.3 is 0 Å². The van der Waals surface area contributed by atoms with Gasteiger partial charge in [0.1, 0.15) is 5.82 Å². The Labute approximate surface area is 146 Å². The first-order chi connectivity index (χ1) is 12.2. The molecule has 1 aromatic carbocycles. The van der Waals surface area contributed by atoms with Gasteiger partial charge in [-0.2, -0.15) is 0 Å². The summed E-state index contributed by atoms with van der Waals surface area (Å²) in [6.45, 7) is 0.706. The summed E-state index contributed by atoms with van der Waals surface area (Å²) in [5, 5.41) is 8.35. The van der Waals surface area contributed by atoms with Crippen molar-refractivity contribution in [3.8, 4) is 0 Å². The first-order valence-corrected chi connectivity index (χ1v) is 9.20. The van der Waals surface area contributed by atoms with E-state index in [0.29, 0.717) is 18.3 Å². The van der Waals surface area contributed by atoms with Crippen LogP contribution in [0.5, 0.6) is 0 Å². The van der Waals surface area contributed by atoms with E-state index in [4.69, 9.17) is 0 Å². The summed E-state index contributed by atoms with van der Waals surface area (Å²) in [5.74, 6) is -0.330. The minimum absolute atomic E-state index is 0.00655. The van der Waals surface area contributed by atoms with Gasteiger partial charge in [-0.15, -0.1) is 5.10 Å². The van der Waals surface area contributed by atoms with Gasteiger partial charge in [0.2, 0.25) is 0 Å². The van der Waals surface area contributed by atoms with E-state index in [1.54, 1.807) is 18.3 Å². The van der Waals surface area contributed by atoms with E-state index >= 15 is 0 Å². The number of benzene rings is 1. The lowest BCUT2D eigenvalue weighted by molar-refractivity contribution is 0.0729. The number of nitrogens with zero attached hydrogens (tertiary/aromatic N) is 4. The van der Waals surface area contributed by atoms with Crippen LogP contribution >= 0.6 is 0 Å². The van der Waals surface area contributed by atoms with Crippen molar-refractivity contribution in [2.24, 2.45) is 0 Å². The molecule has 2 aromatic rings. The smallest absolute Gasteiger partial charge is 0.276 e. The van der Waals surface area contributed by atoms with Crippen LogP contribution in [-0.2, 0) is 0 Å². The van der Waals surface area contributed by atoms with Crippen molar-refractivity contribution in [2.45, 2.75) is 57.0 Å². The quantitative estimate of drug-likeness (QED) is 0.850. The molecule has 4 rings (SSSR count). The lowest BCUT2D eigenvalue weighted by Crippen LogP contribution is -2.30. The van der Waals surface area contributed by atoms with Gasteiger partial charge in [-0.25, -0.2) is 9.07 Å². The molecule has 25 heavy (non-hydrogen) atoms. The van der Waals surface area contributed by atoms with Crippen molar-refractivity contribution < 1.29 is 9.18 Å².